The minimum atomic E-state index is -0.502. The van der Waals surface area contributed by atoms with Crippen LogP contribution in [0, 0.1) is 6.92 Å². The highest BCUT2D eigenvalue weighted by Crippen LogP contribution is 2.40. The van der Waals surface area contributed by atoms with Crippen LogP contribution in [0.4, 0.5) is 11.4 Å². The molecule has 11 heteroatoms. The van der Waals surface area contributed by atoms with E-state index in [1.54, 1.807) is 37.1 Å². The van der Waals surface area contributed by atoms with Crippen LogP contribution in [0.1, 0.15) is 26.5 Å². The molecule has 0 saturated carbocycles. The zero-order valence-corrected chi connectivity index (χ0v) is 18.1. The number of hydrogen-bond acceptors (Lipinski definition) is 7. The van der Waals surface area contributed by atoms with Crippen molar-refractivity contribution < 1.29 is 23.8 Å². The summed E-state index contributed by atoms with van der Waals surface area (Å²) in [6, 6.07) is 3.14. The van der Waals surface area contributed by atoms with Gasteiger partial charge >= 0.3 is 0 Å². The van der Waals surface area contributed by atoms with E-state index >= 15 is 0 Å². The largest absolute Gasteiger partial charge is 0.493 e. The van der Waals surface area contributed by atoms with Gasteiger partial charge in [0.1, 0.15) is 5.69 Å². The number of rotatable bonds is 7. The van der Waals surface area contributed by atoms with Crippen molar-refractivity contribution in [2.24, 2.45) is 14.1 Å². The van der Waals surface area contributed by atoms with Crippen LogP contribution < -0.4 is 24.8 Å². The number of amides is 2. The van der Waals surface area contributed by atoms with Crippen LogP contribution >= 0.6 is 0 Å². The van der Waals surface area contributed by atoms with Crippen molar-refractivity contribution in [3.63, 3.8) is 0 Å². The molecule has 3 rings (SSSR count). The lowest BCUT2D eigenvalue weighted by atomic mass is 10.1. The van der Waals surface area contributed by atoms with Crippen LogP contribution in [0.2, 0.25) is 0 Å². The number of aromatic nitrogens is 4. The molecule has 0 unspecified atom stereocenters. The van der Waals surface area contributed by atoms with Gasteiger partial charge in [-0.15, -0.1) is 0 Å². The van der Waals surface area contributed by atoms with Crippen LogP contribution in [0.25, 0.3) is 0 Å². The molecule has 11 nitrogen and oxygen atoms in total. The normalized spacial score (nSPS) is 10.5. The standard InChI is InChI=1S/C20H24N6O5/c1-11-13(9-21-25(11)2)23-20(28)16-14(10-22-26(16)3)24-19(27)12-7-8-15(29-4)18(31-6)17(12)30-5/h7-10H,1-6H3,(H,23,28)(H,24,27). The highest BCUT2D eigenvalue weighted by Gasteiger charge is 2.24. The van der Waals surface area contributed by atoms with Crippen molar-refractivity contribution in [1.82, 2.24) is 19.6 Å². The molecule has 0 bridgehead atoms. The summed E-state index contributed by atoms with van der Waals surface area (Å²) >= 11 is 0. The Hall–Kier alpha value is -4.02. The molecule has 2 amide bonds. The molecule has 0 spiro atoms. The quantitative estimate of drug-likeness (QED) is 0.590. The smallest absolute Gasteiger partial charge is 0.276 e. The molecule has 0 aliphatic rings. The Bertz CT molecular complexity index is 1130. The average molecular weight is 428 g/mol. The van der Waals surface area contributed by atoms with Crippen molar-refractivity contribution in [1.29, 1.82) is 0 Å². The lowest BCUT2D eigenvalue weighted by Gasteiger charge is -2.15. The Morgan fingerprint density at radius 1 is 0.839 bits per heavy atom. The maximum absolute atomic E-state index is 13.0. The van der Waals surface area contributed by atoms with Gasteiger partial charge in [-0.25, -0.2) is 0 Å². The summed E-state index contributed by atoms with van der Waals surface area (Å²) in [6.07, 6.45) is 2.95. The van der Waals surface area contributed by atoms with Gasteiger partial charge in [0.25, 0.3) is 11.8 Å². The van der Waals surface area contributed by atoms with E-state index in [2.05, 4.69) is 20.8 Å². The molecule has 0 aliphatic carbocycles. The Morgan fingerprint density at radius 2 is 1.45 bits per heavy atom. The van der Waals surface area contributed by atoms with Gasteiger partial charge in [-0.05, 0) is 19.1 Å². The van der Waals surface area contributed by atoms with Gasteiger partial charge in [0.05, 0.1) is 56.4 Å². The number of carbonyl (C=O) groups is 2. The van der Waals surface area contributed by atoms with Crippen LogP contribution in [-0.2, 0) is 14.1 Å². The molecule has 3 aromatic rings. The fourth-order valence-electron chi connectivity index (χ4n) is 3.07. The third kappa shape index (κ3) is 4.02. The number of methoxy groups -OCH3 is 3. The molecule has 1 aromatic carbocycles. The van der Waals surface area contributed by atoms with Gasteiger partial charge in [0.2, 0.25) is 5.75 Å². The van der Waals surface area contributed by atoms with Gasteiger partial charge in [0.15, 0.2) is 11.5 Å². The van der Waals surface area contributed by atoms with E-state index < -0.39 is 11.8 Å². The second-order valence-electron chi connectivity index (χ2n) is 6.59. The summed E-state index contributed by atoms with van der Waals surface area (Å²) in [5.41, 5.74) is 1.97. The third-order valence-corrected chi connectivity index (χ3v) is 4.83. The first-order valence-corrected chi connectivity index (χ1v) is 9.24. The lowest BCUT2D eigenvalue weighted by Crippen LogP contribution is -2.20. The fourth-order valence-corrected chi connectivity index (χ4v) is 3.07. The minimum absolute atomic E-state index is 0.177. The minimum Gasteiger partial charge on any atom is -0.493 e. The Balaban J connectivity index is 1.90. The predicted octanol–water partition coefficient (Wildman–Crippen LogP) is 1.99. The molecule has 0 saturated heterocycles. The first-order valence-electron chi connectivity index (χ1n) is 9.24. The van der Waals surface area contributed by atoms with Gasteiger partial charge < -0.3 is 24.8 Å². The van der Waals surface area contributed by atoms with Gasteiger partial charge in [-0.3, -0.25) is 19.0 Å². The number of nitrogens with one attached hydrogen (secondary N) is 2. The van der Waals surface area contributed by atoms with Crippen LogP contribution in [0.5, 0.6) is 17.2 Å². The maximum Gasteiger partial charge on any atom is 0.276 e. The highest BCUT2D eigenvalue weighted by atomic mass is 16.5. The first-order chi connectivity index (χ1) is 14.8. The molecule has 0 aliphatic heterocycles. The van der Waals surface area contributed by atoms with Crippen molar-refractivity contribution in [3.05, 3.63) is 41.5 Å². The van der Waals surface area contributed by atoms with E-state index in [1.807, 2.05) is 6.92 Å². The zero-order valence-electron chi connectivity index (χ0n) is 18.1. The monoisotopic (exact) mass is 428 g/mol. The third-order valence-electron chi connectivity index (χ3n) is 4.83. The number of nitrogens with zero attached hydrogens (tertiary/aromatic N) is 4. The topological polar surface area (TPSA) is 122 Å². The van der Waals surface area contributed by atoms with Crippen LogP contribution in [-0.4, -0.2) is 52.7 Å². The number of hydrogen-bond donors (Lipinski definition) is 2. The van der Waals surface area contributed by atoms with Gasteiger partial charge in [-0.2, -0.15) is 10.2 Å². The number of aryl methyl sites for hydroxylation is 2. The summed E-state index contributed by atoms with van der Waals surface area (Å²) in [7, 11) is 7.75. The van der Waals surface area contributed by atoms with E-state index in [9.17, 15) is 9.59 Å². The second kappa shape index (κ2) is 8.78. The molecule has 2 N–H and O–H groups in total. The zero-order chi connectivity index (χ0) is 22.7. The SMILES string of the molecule is COc1ccc(C(=O)Nc2cnn(C)c2C(=O)Nc2cnn(C)c2C)c(OC)c1OC. The van der Waals surface area contributed by atoms with E-state index in [4.69, 9.17) is 14.2 Å². The van der Waals surface area contributed by atoms with Crippen molar-refractivity contribution in [2.45, 2.75) is 6.92 Å². The van der Waals surface area contributed by atoms with Crippen molar-refractivity contribution in [2.75, 3.05) is 32.0 Å². The maximum atomic E-state index is 13.0. The molecule has 2 heterocycles. The molecule has 2 aromatic heterocycles. The van der Waals surface area contributed by atoms with Gasteiger partial charge in [-0.1, -0.05) is 0 Å². The van der Waals surface area contributed by atoms with Crippen LogP contribution in [0.15, 0.2) is 24.5 Å². The number of carbonyl (C=O) groups excluding carboxylic acids is 2. The number of ether oxygens (including phenoxy) is 3. The molecular formula is C20H24N6O5. The Kier molecular flexibility index (Phi) is 6.14. The molecule has 0 fully saturated rings. The first kappa shape index (κ1) is 21.7. The van der Waals surface area contributed by atoms with E-state index in [-0.39, 0.29) is 28.4 Å². The number of benzene rings is 1. The van der Waals surface area contributed by atoms with E-state index in [1.165, 1.54) is 32.2 Å². The molecule has 164 valence electrons. The van der Waals surface area contributed by atoms with E-state index in [0.29, 0.717) is 11.4 Å². The molecule has 0 radical (unpaired) electrons. The fraction of sp³-hybridized carbons (Fsp3) is 0.300. The van der Waals surface area contributed by atoms with Crippen molar-refractivity contribution >= 4 is 23.2 Å². The lowest BCUT2D eigenvalue weighted by molar-refractivity contribution is 0.101. The van der Waals surface area contributed by atoms with Crippen LogP contribution in [0.3, 0.4) is 0 Å². The van der Waals surface area contributed by atoms with Gasteiger partial charge in [0, 0.05) is 14.1 Å². The number of anilines is 2. The molecule has 31 heavy (non-hydrogen) atoms. The second-order valence-corrected chi connectivity index (χ2v) is 6.59. The highest BCUT2D eigenvalue weighted by molar-refractivity contribution is 6.12. The predicted molar refractivity (Wildman–Crippen MR) is 113 cm³/mol. The average Bonchev–Trinajstić information content (AvgIpc) is 3.28. The molecular weight excluding hydrogens is 404 g/mol. The summed E-state index contributed by atoms with van der Waals surface area (Å²) < 4.78 is 19.0. The summed E-state index contributed by atoms with van der Waals surface area (Å²) in [5.74, 6) is -0.0265. The Labute approximate surface area is 178 Å². The Morgan fingerprint density at radius 3 is 2.03 bits per heavy atom. The van der Waals surface area contributed by atoms with Crippen molar-refractivity contribution in [3.8, 4) is 17.2 Å². The van der Waals surface area contributed by atoms with E-state index in [0.717, 1.165) is 5.69 Å². The summed E-state index contributed by atoms with van der Waals surface area (Å²) in [4.78, 5) is 25.9. The molecule has 0 atom stereocenters. The summed E-state index contributed by atoms with van der Waals surface area (Å²) in [5, 5.41) is 13.7. The summed E-state index contributed by atoms with van der Waals surface area (Å²) in [6.45, 7) is 1.83.